The summed E-state index contributed by atoms with van der Waals surface area (Å²) < 4.78 is 0. The van der Waals surface area contributed by atoms with Gasteiger partial charge in [-0.15, -0.1) is 0 Å². The van der Waals surface area contributed by atoms with Gasteiger partial charge in [0, 0.05) is 10.8 Å². The molecule has 3 heteroatoms. The summed E-state index contributed by atoms with van der Waals surface area (Å²) in [5.74, 6) is 0.226. The molecule has 0 amide bonds. The molecule has 1 N–H and O–H groups in total. The topological polar surface area (TPSA) is 48.4 Å². The Kier molecular flexibility index (Phi) is 1.96. The predicted molar refractivity (Wildman–Crippen MR) is 67.9 cm³/mol. The number of aromatic hydroxyl groups is 1. The van der Waals surface area contributed by atoms with Crippen LogP contribution in [-0.2, 0) is 0 Å². The number of hydrogen-bond donors (Lipinski definition) is 1. The van der Waals surface area contributed by atoms with E-state index in [9.17, 15) is 5.11 Å². The van der Waals surface area contributed by atoms with E-state index in [0.29, 0.717) is 16.5 Å². The highest BCUT2D eigenvalue weighted by Crippen LogP contribution is 2.41. The monoisotopic (exact) mass is 221 g/mol. The third kappa shape index (κ3) is 1.25. The summed E-state index contributed by atoms with van der Waals surface area (Å²) in [5.41, 5.74) is 0.494. The fourth-order valence-electron chi connectivity index (χ4n) is 2.19. The average molecular weight is 221 g/mol. The molecule has 0 aliphatic carbocycles. The van der Waals surface area contributed by atoms with Crippen molar-refractivity contribution in [2.75, 3.05) is 0 Å². The second-order valence-corrected chi connectivity index (χ2v) is 3.89. The zero-order chi connectivity index (χ0) is 11.8. The molecular weight excluding hydrogens is 212 g/mol. The molecule has 0 heterocycles. The van der Waals surface area contributed by atoms with Crippen molar-refractivity contribution in [1.29, 1.82) is 5.39 Å². The summed E-state index contributed by atoms with van der Waals surface area (Å²) in [6, 6.07) is 14.7. The van der Waals surface area contributed by atoms with E-state index >= 15 is 0 Å². The van der Waals surface area contributed by atoms with Gasteiger partial charge < -0.3 is 5.11 Å². The Bertz CT molecular complexity index is 715. The number of phenolic OH excluding ortho intramolecular Hbond substituents is 1. The lowest BCUT2D eigenvalue weighted by Gasteiger charge is -2.03. The first-order chi connectivity index (χ1) is 8.33. The van der Waals surface area contributed by atoms with E-state index in [2.05, 4.69) is 4.98 Å². The van der Waals surface area contributed by atoms with Crippen LogP contribution in [0.4, 0.5) is 5.69 Å². The minimum atomic E-state index is 0.226. The van der Waals surface area contributed by atoms with Gasteiger partial charge in [0.1, 0.15) is 5.75 Å². The van der Waals surface area contributed by atoms with Crippen molar-refractivity contribution in [3.63, 3.8) is 0 Å². The zero-order valence-electron chi connectivity index (χ0n) is 8.96. The molecular formula is C14H9N2O+. The van der Waals surface area contributed by atoms with Crippen LogP contribution in [-0.4, -0.2) is 5.11 Å². The third-order valence-corrected chi connectivity index (χ3v) is 2.97. The molecule has 0 aliphatic rings. The summed E-state index contributed by atoms with van der Waals surface area (Å²) in [4.78, 5) is 3.36. The van der Waals surface area contributed by atoms with Crippen molar-refractivity contribution in [2.45, 2.75) is 0 Å². The summed E-state index contributed by atoms with van der Waals surface area (Å²) in [5, 5.41) is 22.2. The van der Waals surface area contributed by atoms with E-state index < -0.39 is 0 Å². The Morgan fingerprint density at radius 2 is 1.18 bits per heavy atom. The molecule has 0 aromatic heterocycles. The minimum absolute atomic E-state index is 0.226. The maximum absolute atomic E-state index is 10.2. The van der Waals surface area contributed by atoms with Gasteiger partial charge in [-0.25, -0.2) is 0 Å². The van der Waals surface area contributed by atoms with Crippen LogP contribution in [0.25, 0.3) is 26.5 Å². The van der Waals surface area contributed by atoms with Crippen LogP contribution in [0.1, 0.15) is 0 Å². The standard InChI is InChI=1S/C14H8N2O/c15-16-13-9-5-1-3-7-11(9)14(17)12-8-4-2-6-10(12)13/h1-8H/p+1. The molecule has 3 rings (SSSR count). The molecule has 80 valence electrons. The normalized spacial score (nSPS) is 10.5. The predicted octanol–water partition coefficient (Wildman–Crippen LogP) is 4.18. The van der Waals surface area contributed by atoms with Crippen LogP contribution in [0, 0.1) is 5.39 Å². The van der Waals surface area contributed by atoms with E-state index in [4.69, 9.17) is 5.39 Å². The lowest BCUT2D eigenvalue weighted by molar-refractivity contribution is 0.488. The highest BCUT2D eigenvalue weighted by atomic mass is 16.3. The van der Waals surface area contributed by atoms with Crippen LogP contribution >= 0.6 is 0 Å². The quantitative estimate of drug-likeness (QED) is 0.457. The lowest BCUT2D eigenvalue weighted by Crippen LogP contribution is -1.79. The van der Waals surface area contributed by atoms with Crippen LogP contribution < -0.4 is 0 Å². The zero-order valence-corrected chi connectivity index (χ0v) is 8.96. The average Bonchev–Trinajstić information content (AvgIpc) is 2.40. The van der Waals surface area contributed by atoms with Crippen molar-refractivity contribution in [3.05, 3.63) is 53.5 Å². The maximum atomic E-state index is 10.2. The highest BCUT2D eigenvalue weighted by molar-refractivity contribution is 6.15. The smallest absolute Gasteiger partial charge is 0.400 e. The molecule has 0 radical (unpaired) electrons. The Labute approximate surface area is 97.5 Å². The summed E-state index contributed by atoms with van der Waals surface area (Å²) >= 11 is 0. The van der Waals surface area contributed by atoms with Crippen LogP contribution in [0.15, 0.2) is 48.5 Å². The van der Waals surface area contributed by atoms with Crippen LogP contribution in [0.5, 0.6) is 5.75 Å². The Morgan fingerprint density at radius 3 is 1.59 bits per heavy atom. The molecule has 0 aliphatic heterocycles. The Morgan fingerprint density at radius 1 is 0.765 bits per heavy atom. The molecule has 0 spiro atoms. The van der Waals surface area contributed by atoms with E-state index in [1.54, 1.807) is 0 Å². The van der Waals surface area contributed by atoms with Crippen LogP contribution in [0.2, 0.25) is 0 Å². The largest absolute Gasteiger partial charge is 0.507 e. The second kappa shape index (κ2) is 3.46. The van der Waals surface area contributed by atoms with Gasteiger partial charge >= 0.3 is 5.69 Å². The third-order valence-electron chi connectivity index (χ3n) is 2.97. The molecule has 17 heavy (non-hydrogen) atoms. The first-order valence-corrected chi connectivity index (χ1v) is 5.30. The lowest BCUT2D eigenvalue weighted by atomic mass is 10.00. The number of phenols is 1. The van der Waals surface area contributed by atoms with Gasteiger partial charge in [0.25, 0.3) is 0 Å². The minimum Gasteiger partial charge on any atom is -0.507 e. The van der Waals surface area contributed by atoms with Gasteiger partial charge in [-0.3, -0.25) is 0 Å². The van der Waals surface area contributed by atoms with Crippen molar-refractivity contribution >= 4 is 27.2 Å². The number of nitrogens with zero attached hydrogens (tertiary/aromatic N) is 2. The fourth-order valence-corrected chi connectivity index (χ4v) is 2.19. The molecule has 3 aromatic rings. The number of hydrogen-bond acceptors (Lipinski definition) is 2. The highest BCUT2D eigenvalue weighted by Gasteiger charge is 2.20. The van der Waals surface area contributed by atoms with Gasteiger partial charge in [-0.2, -0.15) is 0 Å². The van der Waals surface area contributed by atoms with Gasteiger partial charge in [0.05, 0.1) is 10.8 Å². The molecule has 0 bridgehead atoms. The van der Waals surface area contributed by atoms with Crippen molar-refractivity contribution in [1.82, 2.24) is 0 Å². The van der Waals surface area contributed by atoms with Gasteiger partial charge in [-0.05, 0) is 12.1 Å². The van der Waals surface area contributed by atoms with E-state index in [0.717, 1.165) is 10.8 Å². The first kappa shape index (κ1) is 9.61. The van der Waals surface area contributed by atoms with Gasteiger partial charge in [0.15, 0.2) is 4.98 Å². The SMILES string of the molecule is N#[N+]c1c2ccccc2c(O)c2ccccc12. The summed E-state index contributed by atoms with van der Waals surface area (Å²) in [6.45, 7) is 0. The second-order valence-electron chi connectivity index (χ2n) is 3.89. The van der Waals surface area contributed by atoms with Crippen molar-refractivity contribution < 1.29 is 5.11 Å². The molecule has 0 atom stereocenters. The van der Waals surface area contributed by atoms with Crippen LogP contribution in [0.3, 0.4) is 0 Å². The summed E-state index contributed by atoms with van der Waals surface area (Å²) in [7, 11) is 0. The Balaban J connectivity index is 2.70. The number of rotatable bonds is 0. The summed E-state index contributed by atoms with van der Waals surface area (Å²) in [6.07, 6.45) is 0. The molecule has 3 nitrogen and oxygen atoms in total. The van der Waals surface area contributed by atoms with Crippen molar-refractivity contribution in [3.8, 4) is 5.75 Å². The molecule has 0 saturated carbocycles. The fraction of sp³-hybridized carbons (Fsp3) is 0. The number of benzene rings is 3. The molecule has 0 unspecified atom stereocenters. The number of diazo groups is 1. The van der Waals surface area contributed by atoms with E-state index in [-0.39, 0.29) is 5.75 Å². The molecule has 0 fully saturated rings. The maximum Gasteiger partial charge on any atom is 0.400 e. The van der Waals surface area contributed by atoms with E-state index in [1.165, 1.54) is 0 Å². The molecule has 0 saturated heterocycles. The first-order valence-electron chi connectivity index (χ1n) is 5.30. The van der Waals surface area contributed by atoms with Gasteiger partial charge in [0.2, 0.25) is 5.39 Å². The Hall–Kier alpha value is -2.60. The van der Waals surface area contributed by atoms with E-state index in [1.807, 2.05) is 48.5 Å². The van der Waals surface area contributed by atoms with Crippen molar-refractivity contribution in [2.24, 2.45) is 0 Å². The molecule has 3 aromatic carbocycles. The number of fused-ring (bicyclic) bond motifs is 2. The van der Waals surface area contributed by atoms with Gasteiger partial charge in [-0.1, -0.05) is 36.4 Å².